The van der Waals surface area contributed by atoms with Gasteiger partial charge in [0.05, 0.1) is 24.8 Å². The molecular weight excluding hydrogens is 418 g/mol. The minimum Gasteiger partial charge on any atom is -0.507 e. The lowest BCUT2D eigenvalue weighted by atomic mass is 9.95. The number of carbonyl (C=O) groups is 2. The van der Waals surface area contributed by atoms with E-state index in [-0.39, 0.29) is 17.4 Å². The highest BCUT2D eigenvalue weighted by molar-refractivity contribution is 6.51. The van der Waals surface area contributed by atoms with E-state index < -0.39 is 17.7 Å². The molecular formula is C27H25NO5. The Morgan fingerprint density at radius 3 is 2.24 bits per heavy atom. The van der Waals surface area contributed by atoms with Crippen molar-refractivity contribution in [3.63, 3.8) is 0 Å². The zero-order valence-corrected chi connectivity index (χ0v) is 18.7. The Morgan fingerprint density at radius 1 is 0.909 bits per heavy atom. The maximum atomic E-state index is 13.2. The summed E-state index contributed by atoms with van der Waals surface area (Å²) < 4.78 is 10.9. The molecule has 0 radical (unpaired) electrons. The Labute approximate surface area is 192 Å². The van der Waals surface area contributed by atoms with Gasteiger partial charge in [-0.2, -0.15) is 0 Å². The summed E-state index contributed by atoms with van der Waals surface area (Å²) in [6.07, 6.45) is -0.0487. The molecule has 1 aliphatic heterocycles. The molecule has 1 N–H and O–H groups in total. The van der Waals surface area contributed by atoms with E-state index in [1.165, 1.54) is 4.90 Å². The van der Waals surface area contributed by atoms with Crippen LogP contribution >= 0.6 is 0 Å². The average molecular weight is 443 g/mol. The molecule has 6 heteroatoms. The number of hydrogen-bond acceptors (Lipinski definition) is 5. The van der Waals surface area contributed by atoms with Crippen LogP contribution in [0.1, 0.15) is 31.0 Å². The maximum Gasteiger partial charge on any atom is 0.300 e. The van der Waals surface area contributed by atoms with E-state index in [9.17, 15) is 14.7 Å². The minimum absolute atomic E-state index is 0.0312. The lowest BCUT2D eigenvalue weighted by molar-refractivity contribution is -0.132. The van der Waals surface area contributed by atoms with E-state index in [4.69, 9.17) is 9.47 Å². The zero-order chi connectivity index (χ0) is 23.5. The van der Waals surface area contributed by atoms with Crippen LogP contribution in [0.4, 0.5) is 5.69 Å². The quantitative estimate of drug-likeness (QED) is 0.326. The van der Waals surface area contributed by atoms with Crippen LogP contribution in [-0.2, 0) is 9.59 Å². The van der Waals surface area contributed by atoms with Crippen LogP contribution in [0.25, 0.3) is 5.76 Å². The zero-order valence-electron chi connectivity index (χ0n) is 18.7. The molecule has 0 bridgehead atoms. The Morgan fingerprint density at radius 2 is 1.61 bits per heavy atom. The molecule has 168 valence electrons. The van der Waals surface area contributed by atoms with E-state index in [0.29, 0.717) is 28.3 Å². The number of nitrogens with zero attached hydrogens (tertiary/aromatic N) is 1. The van der Waals surface area contributed by atoms with Gasteiger partial charge < -0.3 is 14.6 Å². The van der Waals surface area contributed by atoms with Crippen molar-refractivity contribution in [1.82, 2.24) is 0 Å². The van der Waals surface area contributed by atoms with Gasteiger partial charge in [-0.05, 0) is 55.8 Å². The van der Waals surface area contributed by atoms with E-state index >= 15 is 0 Å². The number of hydrogen-bond donors (Lipinski definition) is 1. The number of carbonyl (C=O) groups excluding carboxylic acids is 2. The molecule has 1 aliphatic rings. The third-order valence-electron chi connectivity index (χ3n) is 5.39. The third-order valence-corrected chi connectivity index (χ3v) is 5.39. The van der Waals surface area contributed by atoms with Gasteiger partial charge in [-0.1, -0.05) is 42.5 Å². The molecule has 0 spiro atoms. The van der Waals surface area contributed by atoms with Crippen molar-refractivity contribution in [2.75, 3.05) is 12.0 Å². The fourth-order valence-electron chi connectivity index (χ4n) is 3.94. The summed E-state index contributed by atoms with van der Waals surface area (Å²) in [5, 5.41) is 11.2. The second-order valence-corrected chi connectivity index (χ2v) is 7.97. The number of anilines is 1. The highest BCUT2D eigenvalue weighted by atomic mass is 16.5. The molecule has 1 fully saturated rings. The fraction of sp³-hybridized carbons (Fsp3) is 0.185. The first-order chi connectivity index (χ1) is 15.9. The Bertz CT molecular complexity index is 1200. The van der Waals surface area contributed by atoms with Gasteiger partial charge in [-0.3, -0.25) is 14.5 Å². The van der Waals surface area contributed by atoms with Crippen molar-refractivity contribution < 1.29 is 24.2 Å². The smallest absolute Gasteiger partial charge is 0.300 e. The van der Waals surface area contributed by atoms with Gasteiger partial charge in [0.15, 0.2) is 0 Å². The van der Waals surface area contributed by atoms with Crippen molar-refractivity contribution in [3.05, 3.63) is 95.6 Å². The molecule has 0 saturated carbocycles. The summed E-state index contributed by atoms with van der Waals surface area (Å²) in [5.41, 5.74) is 1.68. The monoisotopic (exact) mass is 443 g/mol. The molecule has 33 heavy (non-hydrogen) atoms. The highest BCUT2D eigenvalue weighted by Crippen LogP contribution is 2.42. The third kappa shape index (κ3) is 4.32. The normalized spacial score (nSPS) is 17.5. The number of methoxy groups -OCH3 is 1. The SMILES string of the molecule is COc1ccc(N2C(=O)C(=O)/C(=C(\O)c3cccc(OC(C)C)c3)C2c2ccccc2)cc1. The topological polar surface area (TPSA) is 76.1 Å². The van der Waals surface area contributed by atoms with Crippen molar-refractivity contribution >= 4 is 23.1 Å². The van der Waals surface area contributed by atoms with Gasteiger partial charge >= 0.3 is 0 Å². The van der Waals surface area contributed by atoms with Crippen LogP contribution in [0.15, 0.2) is 84.4 Å². The van der Waals surface area contributed by atoms with Crippen molar-refractivity contribution in [2.45, 2.75) is 26.0 Å². The first-order valence-electron chi connectivity index (χ1n) is 10.7. The van der Waals surface area contributed by atoms with E-state index in [2.05, 4.69) is 0 Å². The van der Waals surface area contributed by atoms with Crippen LogP contribution in [-0.4, -0.2) is 30.0 Å². The molecule has 0 aromatic heterocycles. The summed E-state index contributed by atoms with van der Waals surface area (Å²) in [4.78, 5) is 27.8. The number of benzene rings is 3. The van der Waals surface area contributed by atoms with E-state index in [1.807, 2.05) is 44.2 Å². The molecule has 6 nitrogen and oxygen atoms in total. The maximum absolute atomic E-state index is 13.2. The van der Waals surface area contributed by atoms with Crippen LogP contribution < -0.4 is 14.4 Å². The molecule has 1 atom stereocenters. The summed E-state index contributed by atoms with van der Waals surface area (Å²) in [7, 11) is 1.56. The lowest BCUT2D eigenvalue weighted by Gasteiger charge is -2.25. The summed E-state index contributed by atoms with van der Waals surface area (Å²) >= 11 is 0. The first kappa shape index (κ1) is 22.1. The molecule has 3 aromatic carbocycles. The van der Waals surface area contributed by atoms with Crippen molar-refractivity contribution in [2.24, 2.45) is 0 Å². The number of aliphatic hydroxyl groups excluding tert-OH is 1. The molecule has 3 aromatic rings. The number of ketones is 1. The molecule has 0 aliphatic carbocycles. The van der Waals surface area contributed by atoms with Crippen molar-refractivity contribution in [3.8, 4) is 11.5 Å². The van der Waals surface area contributed by atoms with Gasteiger partial charge in [-0.25, -0.2) is 0 Å². The van der Waals surface area contributed by atoms with Crippen molar-refractivity contribution in [1.29, 1.82) is 0 Å². The van der Waals surface area contributed by atoms with Gasteiger partial charge in [-0.15, -0.1) is 0 Å². The molecule has 1 saturated heterocycles. The first-order valence-corrected chi connectivity index (χ1v) is 10.7. The molecule has 1 unspecified atom stereocenters. The van der Waals surface area contributed by atoms with Gasteiger partial charge in [0.2, 0.25) is 0 Å². The van der Waals surface area contributed by atoms with E-state index in [1.54, 1.807) is 55.6 Å². The van der Waals surface area contributed by atoms with Gasteiger partial charge in [0.1, 0.15) is 17.3 Å². The summed E-state index contributed by atoms with van der Waals surface area (Å²) in [6.45, 7) is 3.81. The average Bonchev–Trinajstić information content (AvgIpc) is 3.09. The Kier molecular flexibility index (Phi) is 6.18. The van der Waals surface area contributed by atoms with Crippen LogP contribution in [0.5, 0.6) is 11.5 Å². The fourth-order valence-corrected chi connectivity index (χ4v) is 3.94. The number of amides is 1. The highest BCUT2D eigenvalue weighted by Gasteiger charge is 2.46. The van der Waals surface area contributed by atoms with Crippen LogP contribution in [0.3, 0.4) is 0 Å². The molecule has 1 amide bonds. The Balaban J connectivity index is 1.87. The second kappa shape index (κ2) is 9.20. The number of ether oxygens (including phenoxy) is 2. The number of aliphatic hydroxyl groups is 1. The predicted molar refractivity (Wildman–Crippen MR) is 126 cm³/mol. The summed E-state index contributed by atoms with van der Waals surface area (Å²) in [6, 6.07) is 22.2. The number of Topliss-reactive ketones (excluding diaryl/α,β-unsaturated/α-hetero) is 1. The predicted octanol–water partition coefficient (Wildman–Crippen LogP) is 5.11. The standard InChI is InChI=1S/C27H25NO5/c1-17(2)33-22-11-7-10-19(16-22)25(29)23-24(18-8-5-4-6-9-18)28(27(31)26(23)30)20-12-14-21(32-3)15-13-20/h4-17,24,29H,1-3H3/b25-23-. The van der Waals surface area contributed by atoms with Crippen LogP contribution in [0, 0.1) is 0 Å². The van der Waals surface area contributed by atoms with Gasteiger partial charge in [0.25, 0.3) is 11.7 Å². The van der Waals surface area contributed by atoms with Gasteiger partial charge in [0, 0.05) is 11.3 Å². The second-order valence-electron chi connectivity index (χ2n) is 7.97. The molecule has 1 heterocycles. The molecule has 4 rings (SSSR count). The summed E-state index contributed by atoms with van der Waals surface area (Å²) in [5.74, 6) is -0.492. The minimum atomic E-state index is -0.783. The number of rotatable bonds is 6. The largest absolute Gasteiger partial charge is 0.507 e. The lowest BCUT2D eigenvalue weighted by Crippen LogP contribution is -2.29. The van der Waals surface area contributed by atoms with E-state index in [0.717, 1.165) is 0 Å². The Hall–Kier alpha value is -4.06. The van der Waals surface area contributed by atoms with Crippen LogP contribution in [0.2, 0.25) is 0 Å².